The topological polar surface area (TPSA) is 75.4 Å². The second kappa shape index (κ2) is 10.8. The molecule has 4 aromatic rings. The Hall–Kier alpha value is -3.26. The van der Waals surface area contributed by atoms with Crippen LogP contribution in [0.5, 0.6) is 0 Å². The Bertz CT molecular complexity index is 1390. The Kier molecular flexibility index (Phi) is 7.15. The highest BCUT2D eigenvalue weighted by Crippen LogP contribution is 2.42. The van der Waals surface area contributed by atoms with E-state index in [0.717, 1.165) is 78.8 Å². The van der Waals surface area contributed by atoms with E-state index in [0.29, 0.717) is 18.4 Å². The molecule has 2 aliphatic rings. The number of benzene rings is 1. The number of carbonyl (C=O) groups excluding carboxylic acids is 1. The highest BCUT2D eigenvalue weighted by molar-refractivity contribution is 9.10. The second-order valence-electron chi connectivity index (χ2n) is 10.6. The molecule has 0 spiro atoms. The molecule has 4 heterocycles. The van der Waals surface area contributed by atoms with E-state index in [1.807, 2.05) is 22.8 Å². The lowest BCUT2D eigenvalue weighted by atomic mass is 9.68. The lowest BCUT2D eigenvalue weighted by molar-refractivity contribution is -0.140. The second-order valence-corrected chi connectivity index (χ2v) is 11.4. The van der Waals surface area contributed by atoms with Crippen LogP contribution in [0.3, 0.4) is 0 Å². The smallest absolute Gasteiger partial charge is 0.233 e. The third kappa shape index (κ3) is 4.82. The summed E-state index contributed by atoms with van der Waals surface area (Å²) >= 11 is 3.62. The number of amides is 1. The Morgan fingerprint density at radius 1 is 1.03 bits per heavy atom. The number of hydrogen-bond acceptors (Lipinski definition) is 5. The molecule has 1 aliphatic carbocycles. The Morgan fingerprint density at radius 3 is 2.55 bits per heavy atom. The van der Waals surface area contributed by atoms with Gasteiger partial charge in [0.2, 0.25) is 5.91 Å². The van der Waals surface area contributed by atoms with Crippen LogP contribution in [-0.2, 0) is 16.8 Å². The van der Waals surface area contributed by atoms with Crippen molar-refractivity contribution in [2.75, 3.05) is 18.4 Å². The Labute approximate surface area is 231 Å². The van der Waals surface area contributed by atoms with Crippen molar-refractivity contribution in [1.29, 1.82) is 0 Å². The maximum Gasteiger partial charge on any atom is 0.233 e. The number of pyridine rings is 1. The zero-order valence-electron chi connectivity index (χ0n) is 21.5. The largest absolute Gasteiger partial charge is 0.366 e. The van der Waals surface area contributed by atoms with Gasteiger partial charge in [-0.15, -0.1) is 0 Å². The number of nitrogens with one attached hydrogen (secondary N) is 1. The van der Waals surface area contributed by atoms with E-state index in [-0.39, 0.29) is 5.41 Å². The van der Waals surface area contributed by atoms with E-state index in [4.69, 9.17) is 4.98 Å². The molecule has 0 atom stereocenters. The van der Waals surface area contributed by atoms with Crippen molar-refractivity contribution < 1.29 is 4.79 Å². The van der Waals surface area contributed by atoms with E-state index < -0.39 is 0 Å². The molecule has 2 fully saturated rings. The molecular formula is C30H33BrN6O. The molecule has 1 N–H and O–H groups in total. The van der Waals surface area contributed by atoms with Crippen LogP contribution in [0.4, 0.5) is 5.82 Å². The van der Waals surface area contributed by atoms with Crippen molar-refractivity contribution in [2.24, 2.45) is 0 Å². The minimum absolute atomic E-state index is 0.295. The first-order valence-electron chi connectivity index (χ1n) is 13.7. The van der Waals surface area contributed by atoms with Crippen LogP contribution in [0, 0.1) is 0 Å². The molecule has 6 rings (SSSR count). The summed E-state index contributed by atoms with van der Waals surface area (Å²) in [6.07, 6.45) is 12.6. The average Bonchev–Trinajstić information content (AvgIpc) is 3.37. The minimum Gasteiger partial charge on any atom is -0.366 e. The number of anilines is 1. The summed E-state index contributed by atoms with van der Waals surface area (Å²) < 4.78 is 2.72. The van der Waals surface area contributed by atoms with Crippen molar-refractivity contribution in [3.8, 4) is 0 Å². The maximum atomic E-state index is 14.1. The number of nitrogens with zero attached hydrogens (tertiary/aromatic N) is 5. The molecule has 3 aromatic heterocycles. The quantitative estimate of drug-likeness (QED) is 0.302. The first-order valence-corrected chi connectivity index (χ1v) is 14.5. The van der Waals surface area contributed by atoms with E-state index in [2.05, 4.69) is 72.6 Å². The fourth-order valence-electron chi connectivity index (χ4n) is 6.20. The summed E-state index contributed by atoms with van der Waals surface area (Å²) in [5.74, 6) is 1.52. The van der Waals surface area contributed by atoms with Gasteiger partial charge in [0.1, 0.15) is 5.82 Å². The van der Waals surface area contributed by atoms with Crippen molar-refractivity contribution in [1.82, 2.24) is 24.5 Å². The Morgan fingerprint density at radius 2 is 1.82 bits per heavy atom. The molecule has 1 saturated carbocycles. The van der Waals surface area contributed by atoms with E-state index in [1.165, 1.54) is 12.0 Å². The van der Waals surface area contributed by atoms with E-state index in [9.17, 15) is 4.79 Å². The van der Waals surface area contributed by atoms with Gasteiger partial charge in [0.25, 0.3) is 0 Å². The number of carbonyl (C=O) groups is 1. The van der Waals surface area contributed by atoms with Crippen molar-refractivity contribution in [3.05, 3.63) is 88.4 Å². The van der Waals surface area contributed by atoms with Crippen LogP contribution >= 0.6 is 15.9 Å². The number of hydrogen-bond donors (Lipinski definition) is 1. The molecule has 196 valence electrons. The number of likely N-dealkylation sites (tertiary alicyclic amines) is 1. The predicted octanol–water partition coefficient (Wildman–Crippen LogP) is 6.11. The normalized spacial score (nSPS) is 18.0. The van der Waals surface area contributed by atoms with Gasteiger partial charge in [-0.3, -0.25) is 9.78 Å². The average molecular weight is 574 g/mol. The van der Waals surface area contributed by atoms with Crippen LogP contribution in [0.2, 0.25) is 0 Å². The van der Waals surface area contributed by atoms with Gasteiger partial charge in [-0.2, -0.15) is 9.61 Å². The van der Waals surface area contributed by atoms with Gasteiger partial charge in [0, 0.05) is 49.7 Å². The molecule has 8 heteroatoms. The first-order chi connectivity index (χ1) is 18.6. The minimum atomic E-state index is -0.366. The van der Waals surface area contributed by atoms with Gasteiger partial charge >= 0.3 is 0 Å². The highest BCUT2D eigenvalue weighted by Gasteiger charge is 2.44. The van der Waals surface area contributed by atoms with Gasteiger partial charge in [-0.25, -0.2) is 4.98 Å². The van der Waals surface area contributed by atoms with Gasteiger partial charge in [0.15, 0.2) is 5.65 Å². The molecule has 7 nitrogen and oxygen atoms in total. The van der Waals surface area contributed by atoms with E-state index >= 15 is 0 Å². The zero-order valence-corrected chi connectivity index (χ0v) is 23.1. The summed E-state index contributed by atoms with van der Waals surface area (Å²) in [4.78, 5) is 25.4. The number of halogens is 1. The SMILES string of the molecule is O=C(N1CCC(c2cc(NCc3cccnc3)n3ncc(Br)c3n2)CC1)C1(c2ccccc2)CCCCC1. The third-order valence-electron chi connectivity index (χ3n) is 8.29. The molecular weight excluding hydrogens is 540 g/mol. The number of aromatic nitrogens is 4. The molecule has 1 aromatic carbocycles. The molecule has 1 saturated heterocycles. The fraction of sp³-hybridized carbons (Fsp3) is 0.400. The lowest BCUT2D eigenvalue weighted by Gasteiger charge is -2.42. The third-order valence-corrected chi connectivity index (χ3v) is 8.85. The van der Waals surface area contributed by atoms with Gasteiger partial charge < -0.3 is 10.2 Å². The maximum absolute atomic E-state index is 14.1. The molecule has 0 radical (unpaired) electrons. The van der Waals surface area contributed by atoms with Crippen LogP contribution in [0.1, 0.15) is 67.7 Å². The number of rotatable bonds is 6. The van der Waals surface area contributed by atoms with Crippen LogP contribution in [0.25, 0.3) is 5.65 Å². The van der Waals surface area contributed by atoms with Crippen molar-refractivity contribution >= 4 is 33.3 Å². The number of piperidine rings is 1. The van der Waals surface area contributed by atoms with Crippen LogP contribution in [0.15, 0.2) is 71.6 Å². The van der Waals surface area contributed by atoms with Gasteiger partial charge in [-0.1, -0.05) is 55.7 Å². The molecule has 0 unspecified atom stereocenters. The lowest BCUT2D eigenvalue weighted by Crippen LogP contribution is -2.50. The highest BCUT2D eigenvalue weighted by atomic mass is 79.9. The van der Waals surface area contributed by atoms with Crippen molar-refractivity contribution in [2.45, 2.75) is 62.8 Å². The standard InChI is InChI=1S/C30H33BrN6O/c31-25-21-34-37-27(33-20-22-8-7-15-32-19-22)18-26(35-28(25)37)23-11-16-36(17-12-23)29(38)30(13-5-2-6-14-30)24-9-3-1-4-10-24/h1,3-4,7-10,15,18-19,21,23,33H,2,5-6,11-14,16-17,20H2. The summed E-state index contributed by atoms with van der Waals surface area (Å²) in [5, 5.41) is 8.04. The monoisotopic (exact) mass is 572 g/mol. The molecule has 38 heavy (non-hydrogen) atoms. The van der Waals surface area contributed by atoms with Crippen LogP contribution in [-0.4, -0.2) is 43.5 Å². The summed E-state index contributed by atoms with van der Waals surface area (Å²) in [6, 6.07) is 16.6. The fourth-order valence-corrected chi connectivity index (χ4v) is 6.55. The van der Waals surface area contributed by atoms with Crippen LogP contribution < -0.4 is 5.32 Å². The molecule has 1 aliphatic heterocycles. The first kappa shape index (κ1) is 25.0. The summed E-state index contributed by atoms with van der Waals surface area (Å²) in [5.41, 5.74) is 3.78. The van der Waals surface area contributed by atoms with Gasteiger partial charge in [-0.05, 0) is 58.8 Å². The number of fused-ring (bicyclic) bond motifs is 1. The van der Waals surface area contributed by atoms with Crippen molar-refractivity contribution in [3.63, 3.8) is 0 Å². The van der Waals surface area contributed by atoms with Gasteiger partial charge in [0.05, 0.1) is 16.1 Å². The van der Waals surface area contributed by atoms with E-state index in [1.54, 1.807) is 12.4 Å². The molecule has 1 amide bonds. The Balaban J connectivity index is 1.20. The zero-order chi connectivity index (χ0) is 26.0. The summed E-state index contributed by atoms with van der Waals surface area (Å²) in [6.45, 7) is 2.19. The summed E-state index contributed by atoms with van der Waals surface area (Å²) in [7, 11) is 0. The predicted molar refractivity (Wildman–Crippen MR) is 152 cm³/mol. The molecule has 0 bridgehead atoms.